The molecule has 0 atom stereocenters. The average molecular weight is 431 g/mol. The molecule has 2 nitrogen and oxygen atoms in total. The lowest BCUT2D eigenvalue weighted by molar-refractivity contribution is -0.118. The molecule has 0 rings (SSSR count). The molecule has 166 valence electrons. The Balaban J connectivity index is 3.36. The standard InChI is InChI=1S/C24H46O2S2/c1-21(25)19-23(3,4)27-17-15-13-11-9-7-8-10-12-14-16-18-28-24(5,6)20-22(2)26/h7-20H2,1-6H3. The molecule has 0 aromatic rings. The number of hydrogen-bond donors (Lipinski definition) is 0. The van der Waals surface area contributed by atoms with Crippen molar-refractivity contribution in [2.24, 2.45) is 0 Å². The first-order valence-corrected chi connectivity index (χ1v) is 13.3. The van der Waals surface area contributed by atoms with Gasteiger partial charge in [0.15, 0.2) is 0 Å². The molecular formula is C24H46O2S2. The summed E-state index contributed by atoms with van der Waals surface area (Å²) in [4.78, 5) is 22.5. The zero-order valence-electron chi connectivity index (χ0n) is 19.5. The molecule has 0 radical (unpaired) electrons. The van der Waals surface area contributed by atoms with E-state index < -0.39 is 0 Å². The Bertz CT molecular complexity index is 390. The van der Waals surface area contributed by atoms with Crippen molar-refractivity contribution in [1.29, 1.82) is 0 Å². The maximum atomic E-state index is 11.2. The fraction of sp³-hybridized carbons (Fsp3) is 0.917. The van der Waals surface area contributed by atoms with E-state index >= 15 is 0 Å². The van der Waals surface area contributed by atoms with E-state index in [4.69, 9.17) is 0 Å². The Kier molecular flexibility index (Phi) is 15.8. The Morgan fingerprint density at radius 1 is 0.536 bits per heavy atom. The number of hydrogen-bond acceptors (Lipinski definition) is 4. The Hall–Kier alpha value is 0.0400. The number of Topliss-reactive ketones (excluding diaryl/α,β-unsaturated/α-hetero) is 2. The molecule has 0 aromatic carbocycles. The van der Waals surface area contributed by atoms with E-state index in [0.29, 0.717) is 24.4 Å². The summed E-state index contributed by atoms with van der Waals surface area (Å²) in [6.45, 7) is 12.1. The topological polar surface area (TPSA) is 34.1 Å². The van der Waals surface area contributed by atoms with Gasteiger partial charge in [0, 0.05) is 22.3 Å². The van der Waals surface area contributed by atoms with Crippen LogP contribution in [0.5, 0.6) is 0 Å². The lowest BCUT2D eigenvalue weighted by atomic mass is 10.1. The molecule has 0 aliphatic carbocycles. The average Bonchev–Trinajstić information content (AvgIpc) is 2.52. The first-order valence-electron chi connectivity index (χ1n) is 11.3. The molecule has 0 saturated heterocycles. The molecule has 0 aliphatic rings. The summed E-state index contributed by atoms with van der Waals surface area (Å²) in [5, 5.41) is 0. The normalized spacial score (nSPS) is 12.4. The fourth-order valence-corrected chi connectivity index (χ4v) is 6.03. The highest BCUT2D eigenvalue weighted by Crippen LogP contribution is 2.30. The maximum absolute atomic E-state index is 11.2. The van der Waals surface area contributed by atoms with E-state index in [1.165, 1.54) is 75.7 Å². The molecule has 4 heteroatoms. The molecule has 0 heterocycles. The third-order valence-corrected chi connectivity index (χ3v) is 7.71. The molecule has 0 fully saturated rings. The molecular weight excluding hydrogens is 384 g/mol. The van der Waals surface area contributed by atoms with Gasteiger partial charge in [-0.25, -0.2) is 0 Å². The third-order valence-electron chi connectivity index (χ3n) is 4.87. The Morgan fingerprint density at radius 2 is 0.786 bits per heavy atom. The van der Waals surface area contributed by atoms with Crippen molar-refractivity contribution in [2.75, 3.05) is 11.5 Å². The summed E-state index contributed by atoms with van der Waals surface area (Å²) in [5.74, 6) is 2.96. The van der Waals surface area contributed by atoms with Crippen LogP contribution in [0.4, 0.5) is 0 Å². The Morgan fingerprint density at radius 3 is 1.04 bits per heavy atom. The van der Waals surface area contributed by atoms with Crippen LogP contribution < -0.4 is 0 Å². The molecule has 0 saturated carbocycles. The van der Waals surface area contributed by atoms with Gasteiger partial charge in [-0.2, -0.15) is 23.5 Å². The van der Waals surface area contributed by atoms with Crippen LogP contribution in [0.15, 0.2) is 0 Å². The van der Waals surface area contributed by atoms with E-state index in [1.54, 1.807) is 13.8 Å². The SMILES string of the molecule is CC(=O)CC(C)(C)SCCCCCCCCCCCCSC(C)(C)CC(C)=O. The number of rotatable bonds is 19. The molecule has 0 aliphatic heterocycles. The van der Waals surface area contributed by atoms with Crippen LogP contribution in [-0.2, 0) is 9.59 Å². The summed E-state index contributed by atoms with van der Waals surface area (Å²) in [6, 6.07) is 0. The molecule has 0 aromatic heterocycles. The first-order chi connectivity index (χ1) is 13.0. The number of unbranched alkanes of at least 4 members (excludes halogenated alkanes) is 9. The van der Waals surface area contributed by atoms with Crippen LogP contribution in [-0.4, -0.2) is 32.6 Å². The van der Waals surface area contributed by atoms with Gasteiger partial charge in [0.05, 0.1) is 0 Å². The van der Waals surface area contributed by atoms with Gasteiger partial charge in [-0.3, -0.25) is 9.59 Å². The minimum atomic E-state index is 0.105. The lowest BCUT2D eigenvalue weighted by Crippen LogP contribution is -2.19. The minimum Gasteiger partial charge on any atom is -0.300 e. The van der Waals surface area contributed by atoms with Crippen LogP contribution >= 0.6 is 23.5 Å². The van der Waals surface area contributed by atoms with Crippen molar-refractivity contribution >= 4 is 35.1 Å². The van der Waals surface area contributed by atoms with Crippen LogP contribution in [0.3, 0.4) is 0 Å². The molecule has 0 bridgehead atoms. The van der Waals surface area contributed by atoms with Gasteiger partial charge < -0.3 is 0 Å². The molecule has 0 spiro atoms. The highest BCUT2D eigenvalue weighted by molar-refractivity contribution is 8.00. The third kappa shape index (κ3) is 19.4. The van der Waals surface area contributed by atoms with E-state index in [-0.39, 0.29) is 9.49 Å². The summed E-state index contributed by atoms with van der Waals surface area (Å²) in [5.41, 5.74) is 0. The minimum absolute atomic E-state index is 0.105. The molecule has 0 N–H and O–H groups in total. The maximum Gasteiger partial charge on any atom is 0.131 e. The van der Waals surface area contributed by atoms with E-state index in [0.717, 1.165) is 0 Å². The van der Waals surface area contributed by atoms with Crippen molar-refractivity contribution in [3.8, 4) is 0 Å². The predicted octanol–water partition coefficient (Wildman–Crippen LogP) is 7.87. The monoisotopic (exact) mass is 430 g/mol. The van der Waals surface area contributed by atoms with Crippen molar-refractivity contribution in [3.63, 3.8) is 0 Å². The van der Waals surface area contributed by atoms with Gasteiger partial charge in [0.25, 0.3) is 0 Å². The van der Waals surface area contributed by atoms with Gasteiger partial charge in [-0.05, 0) is 38.2 Å². The molecule has 28 heavy (non-hydrogen) atoms. The smallest absolute Gasteiger partial charge is 0.131 e. The zero-order chi connectivity index (χ0) is 21.5. The van der Waals surface area contributed by atoms with Gasteiger partial charge in [0.2, 0.25) is 0 Å². The number of carbonyl (C=O) groups excluding carboxylic acids is 2. The molecule has 0 amide bonds. The lowest BCUT2D eigenvalue weighted by Gasteiger charge is -2.22. The van der Waals surface area contributed by atoms with Gasteiger partial charge in [-0.1, -0.05) is 79.1 Å². The van der Waals surface area contributed by atoms with Gasteiger partial charge in [0.1, 0.15) is 11.6 Å². The van der Waals surface area contributed by atoms with Gasteiger partial charge in [-0.15, -0.1) is 0 Å². The zero-order valence-corrected chi connectivity index (χ0v) is 21.2. The Labute approximate surface area is 184 Å². The number of thioether (sulfide) groups is 2. The number of carbonyl (C=O) groups is 2. The van der Waals surface area contributed by atoms with Gasteiger partial charge >= 0.3 is 0 Å². The summed E-state index contributed by atoms with van der Waals surface area (Å²) in [7, 11) is 0. The summed E-state index contributed by atoms with van der Waals surface area (Å²) < 4.78 is 0.209. The van der Waals surface area contributed by atoms with Crippen LogP contribution in [0.25, 0.3) is 0 Å². The largest absolute Gasteiger partial charge is 0.300 e. The van der Waals surface area contributed by atoms with Crippen molar-refractivity contribution < 1.29 is 9.59 Å². The summed E-state index contributed by atoms with van der Waals surface area (Å²) >= 11 is 3.91. The highest BCUT2D eigenvalue weighted by atomic mass is 32.2. The predicted molar refractivity (Wildman–Crippen MR) is 130 cm³/mol. The van der Waals surface area contributed by atoms with Crippen molar-refractivity contribution in [2.45, 2.75) is 128 Å². The second-order valence-electron chi connectivity index (χ2n) is 9.51. The van der Waals surface area contributed by atoms with Crippen LogP contribution in [0, 0.1) is 0 Å². The fourth-order valence-electron chi connectivity index (χ4n) is 3.62. The second kappa shape index (κ2) is 15.8. The van der Waals surface area contributed by atoms with Crippen molar-refractivity contribution in [1.82, 2.24) is 0 Å². The van der Waals surface area contributed by atoms with Crippen LogP contribution in [0.2, 0.25) is 0 Å². The van der Waals surface area contributed by atoms with E-state index in [9.17, 15) is 9.59 Å². The van der Waals surface area contributed by atoms with Crippen LogP contribution in [0.1, 0.15) is 119 Å². The number of ketones is 2. The van der Waals surface area contributed by atoms with E-state index in [1.807, 2.05) is 23.5 Å². The molecule has 0 unspecified atom stereocenters. The summed E-state index contributed by atoms with van der Waals surface area (Å²) in [6.07, 6.45) is 14.8. The van der Waals surface area contributed by atoms with Crippen molar-refractivity contribution in [3.05, 3.63) is 0 Å². The quantitative estimate of drug-likeness (QED) is 0.195. The highest BCUT2D eigenvalue weighted by Gasteiger charge is 2.20. The van der Waals surface area contributed by atoms with E-state index in [2.05, 4.69) is 27.7 Å². The second-order valence-corrected chi connectivity index (χ2v) is 13.1. The first kappa shape index (κ1) is 28.0.